The topological polar surface area (TPSA) is 55.8 Å². The second kappa shape index (κ2) is 8.70. The Hall–Kier alpha value is -0.350. The van der Waals surface area contributed by atoms with Gasteiger partial charge in [-0.25, -0.2) is 4.57 Å². The molecular weight excluding hydrogens is 253 g/mol. The summed E-state index contributed by atoms with van der Waals surface area (Å²) in [7, 11) is 2.03. The van der Waals surface area contributed by atoms with Gasteiger partial charge < -0.3 is 9.01 Å². The number of quaternary nitrogens is 1. The zero-order valence-corrected chi connectivity index (χ0v) is 12.9. The largest absolute Gasteiger partial charge is 0.527 e. The molecule has 0 aliphatic rings. The molecule has 0 aliphatic carbocycles. The zero-order chi connectivity index (χ0) is 14.1. The molecule has 0 radical (unpaired) electrons. The molecule has 0 aromatic carbocycles. The van der Waals surface area contributed by atoms with E-state index >= 15 is 0 Å². The van der Waals surface area contributed by atoms with E-state index in [1.807, 2.05) is 21.1 Å². The fourth-order valence-corrected chi connectivity index (χ4v) is 1.77. The Morgan fingerprint density at radius 1 is 1.28 bits per heavy atom. The van der Waals surface area contributed by atoms with Crippen molar-refractivity contribution in [3.63, 3.8) is 0 Å². The number of hydrogen-bond donors (Lipinski definition) is 1. The lowest BCUT2D eigenvalue weighted by Crippen LogP contribution is -2.37. The van der Waals surface area contributed by atoms with Gasteiger partial charge in [0.15, 0.2) is 0 Å². The summed E-state index contributed by atoms with van der Waals surface area (Å²) in [5.41, 5.74) is 0. The van der Waals surface area contributed by atoms with Gasteiger partial charge in [0.25, 0.3) is 0 Å². The van der Waals surface area contributed by atoms with Crippen LogP contribution >= 0.6 is 7.82 Å². The number of allylic oxidation sites excluding steroid dienone is 1. The van der Waals surface area contributed by atoms with Gasteiger partial charge in [0.1, 0.15) is 13.2 Å². The molecule has 1 atom stereocenters. The van der Waals surface area contributed by atoms with Crippen molar-refractivity contribution >= 4 is 7.82 Å². The maximum Gasteiger partial charge on any atom is 0.527 e. The van der Waals surface area contributed by atoms with Gasteiger partial charge in [-0.05, 0) is 18.9 Å². The summed E-state index contributed by atoms with van der Waals surface area (Å²) in [6.07, 6.45) is 7.24. The predicted molar refractivity (Wildman–Crippen MR) is 73.0 cm³/mol. The Morgan fingerprint density at radius 3 is 2.50 bits per heavy atom. The van der Waals surface area contributed by atoms with E-state index in [1.54, 1.807) is 6.08 Å². The first-order valence-electron chi connectivity index (χ1n) is 6.38. The molecule has 0 spiro atoms. The summed E-state index contributed by atoms with van der Waals surface area (Å²) < 4.78 is 21.7. The molecule has 6 heteroatoms. The van der Waals surface area contributed by atoms with Crippen LogP contribution < -0.4 is 0 Å². The lowest BCUT2D eigenvalue weighted by atomic mass is 10.2. The van der Waals surface area contributed by atoms with Gasteiger partial charge >= 0.3 is 7.82 Å². The highest BCUT2D eigenvalue weighted by Crippen LogP contribution is 2.43. The predicted octanol–water partition coefficient (Wildman–Crippen LogP) is 2.92. The van der Waals surface area contributed by atoms with Crippen LogP contribution in [0.3, 0.4) is 0 Å². The van der Waals surface area contributed by atoms with Crippen LogP contribution in [0.1, 0.15) is 32.6 Å². The smallest absolute Gasteiger partial charge is 0.412 e. The molecule has 1 unspecified atom stereocenters. The summed E-state index contributed by atoms with van der Waals surface area (Å²) >= 11 is 0. The molecule has 108 valence electrons. The number of likely N-dealkylation sites (N-methyl/N-ethyl adjacent to an activating group) is 1. The van der Waals surface area contributed by atoms with Gasteiger partial charge in [-0.15, -0.1) is 0 Å². The van der Waals surface area contributed by atoms with E-state index < -0.39 is 7.82 Å². The third-order valence-corrected chi connectivity index (χ3v) is 3.18. The maximum absolute atomic E-state index is 11.4. The van der Waals surface area contributed by atoms with Crippen LogP contribution in [0, 0.1) is 0 Å². The third-order valence-electron chi connectivity index (χ3n) is 2.28. The molecule has 0 aromatic heterocycles. The first kappa shape index (κ1) is 17.6. The van der Waals surface area contributed by atoms with Crippen LogP contribution in [0.25, 0.3) is 0 Å². The second-order valence-corrected chi connectivity index (χ2v) is 6.69. The fraction of sp³-hybridized carbons (Fsp3) is 0.833. The monoisotopic (exact) mass is 280 g/mol. The van der Waals surface area contributed by atoms with Crippen LogP contribution in [0.5, 0.6) is 0 Å². The first-order chi connectivity index (χ1) is 8.27. The van der Waals surface area contributed by atoms with Gasteiger partial charge in [0.2, 0.25) is 0 Å². The van der Waals surface area contributed by atoms with Crippen molar-refractivity contribution in [2.24, 2.45) is 0 Å². The molecule has 18 heavy (non-hydrogen) atoms. The molecule has 0 saturated heterocycles. The van der Waals surface area contributed by atoms with E-state index in [0.29, 0.717) is 11.0 Å². The van der Waals surface area contributed by atoms with E-state index in [0.717, 1.165) is 25.7 Å². The second-order valence-electron chi connectivity index (χ2n) is 5.29. The highest BCUT2D eigenvalue weighted by Gasteiger charge is 2.21. The summed E-state index contributed by atoms with van der Waals surface area (Å²) in [5, 5.41) is 0. The van der Waals surface area contributed by atoms with Crippen LogP contribution in [-0.4, -0.2) is 43.7 Å². The zero-order valence-electron chi connectivity index (χ0n) is 12.0. The molecule has 0 aliphatic heterocycles. The van der Waals surface area contributed by atoms with Crippen molar-refractivity contribution in [2.45, 2.75) is 32.6 Å². The minimum atomic E-state index is -3.93. The van der Waals surface area contributed by atoms with Crippen molar-refractivity contribution in [1.82, 2.24) is 0 Å². The van der Waals surface area contributed by atoms with E-state index in [1.165, 1.54) is 6.26 Å². The molecule has 0 fully saturated rings. The Bertz CT molecular complexity index is 286. The molecule has 0 amide bonds. The number of phosphoric ester groups is 1. The van der Waals surface area contributed by atoms with Crippen LogP contribution in [0.15, 0.2) is 12.3 Å². The molecule has 0 aromatic rings. The Kier molecular flexibility index (Phi) is 8.53. The van der Waals surface area contributed by atoms with Crippen LogP contribution in [0.4, 0.5) is 0 Å². The highest BCUT2D eigenvalue weighted by atomic mass is 31.2. The van der Waals surface area contributed by atoms with Gasteiger partial charge in [0.05, 0.1) is 27.4 Å². The molecule has 0 bridgehead atoms. The molecule has 0 heterocycles. The highest BCUT2D eigenvalue weighted by molar-refractivity contribution is 7.47. The minimum absolute atomic E-state index is 0.195. The van der Waals surface area contributed by atoms with Crippen molar-refractivity contribution < 1.29 is 23.0 Å². The van der Waals surface area contributed by atoms with Crippen molar-refractivity contribution in [3.05, 3.63) is 12.3 Å². The first-order valence-corrected chi connectivity index (χ1v) is 7.87. The normalized spacial score (nSPS) is 15.8. The summed E-state index contributed by atoms with van der Waals surface area (Å²) in [5.74, 6) is 0. The molecule has 1 N–H and O–H groups in total. The number of phosphoric acid groups is 1. The van der Waals surface area contributed by atoms with E-state index in [2.05, 4.69) is 6.92 Å². The van der Waals surface area contributed by atoms with Crippen molar-refractivity contribution in [1.29, 1.82) is 0 Å². The Morgan fingerprint density at radius 2 is 1.94 bits per heavy atom. The molecule has 5 nitrogen and oxygen atoms in total. The van der Waals surface area contributed by atoms with Gasteiger partial charge in [-0.3, -0.25) is 9.42 Å². The van der Waals surface area contributed by atoms with E-state index in [-0.39, 0.29) is 6.61 Å². The number of rotatable bonds is 10. The van der Waals surface area contributed by atoms with Crippen molar-refractivity contribution in [3.8, 4) is 0 Å². The summed E-state index contributed by atoms with van der Waals surface area (Å²) in [6, 6.07) is 0. The summed E-state index contributed by atoms with van der Waals surface area (Å²) in [6.45, 7) is 2.97. The number of nitrogens with zero attached hydrogens (tertiary/aromatic N) is 1. The Balaban J connectivity index is 3.76. The van der Waals surface area contributed by atoms with Gasteiger partial charge in [-0.2, -0.15) is 0 Å². The van der Waals surface area contributed by atoms with Gasteiger partial charge in [-0.1, -0.05) is 19.8 Å². The lowest BCUT2D eigenvalue weighted by molar-refractivity contribution is -0.870. The van der Waals surface area contributed by atoms with Gasteiger partial charge in [0, 0.05) is 0 Å². The molecule has 0 rings (SSSR count). The van der Waals surface area contributed by atoms with E-state index in [9.17, 15) is 9.46 Å². The molecule has 0 saturated carbocycles. The van der Waals surface area contributed by atoms with Crippen LogP contribution in [-0.2, 0) is 13.6 Å². The minimum Gasteiger partial charge on any atom is -0.412 e. The Labute approximate surface area is 111 Å². The SMILES string of the molecule is CCCCCC=COP(=O)(O)OCC[N+](C)(C)C. The average molecular weight is 280 g/mol. The average Bonchev–Trinajstić information content (AvgIpc) is 2.21. The van der Waals surface area contributed by atoms with E-state index in [4.69, 9.17) is 9.05 Å². The third kappa shape index (κ3) is 12.1. The maximum atomic E-state index is 11.4. The number of unbranched alkanes of at least 4 members (excludes halogenated alkanes) is 3. The van der Waals surface area contributed by atoms with Crippen molar-refractivity contribution in [2.75, 3.05) is 34.3 Å². The quantitative estimate of drug-likeness (QED) is 0.289. The van der Waals surface area contributed by atoms with Crippen LogP contribution in [0.2, 0.25) is 0 Å². The molecular formula is C12H27NO4P+. The summed E-state index contributed by atoms with van der Waals surface area (Å²) in [4.78, 5) is 9.37. The fourth-order valence-electron chi connectivity index (χ4n) is 1.16. The standard InChI is InChI=1S/C12H26NO4P/c1-5-6-7-8-9-11-16-18(14,15)17-12-10-13(2,3)4/h9,11H,5-8,10,12H2,1-4H3/p+1. The lowest BCUT2D eigenvalue weighted by Gasteiger charge is -2.23. The number of hydrogen-bond acceptors (Lipinski definition) is 3.